The molecule has 1 atom stereocenters. The third-order valence-electron chi connectivity index (χ3n) is 5.93. The summed E-state index contributed by atoms with van der Waals surface area (Å²) in [6, 6.07) is 7.47. The van der Waals surface area contributed by atoms with E-state index < -0.39 is 6.09 Å². The van der Waals surface area contributed by atoms with Gasteiger partial charge in [0, 0.05) is 48.7 Å². The van der Waals surface area contributed by atoms with E-state index in [4.69, 9.17) is 15.6 Å². The maximum Gasteiger partial charge on any atom is 0.407 e. The van der Waals surface area contributed by atoms with E-state index >= 15 is 0 Å². The maximum atomic E-state index is 11.4. The number of ether oxygens (including phenoxy) is 1. The number of likely N-dealkylation sites (tertiary alicyclic amines) is 1. The molecule has 2 aliphatic rings. The molecule has 0 aromatic carbocycles. The van der Waals surface area contributed by atoms with Crippen molar-refractivity contribution >= 4 is 11.9 Å². The quantitative estimate of drug-likeness (QED) is 0.670. The number of carboxylic acid groups (broad SMARTS) is 1. The number of anilines is 1. The average Bonchev–Trinajstić information content (AvgIpc) is 3.45. The van der Waals surface area contributed by atoms with Crippen LogP contribution in [0.4, 0.5) is 10.6 Å². The summed E-state index contributed by atoms with van der Waals surface area (Å²) >= 11 is 0. The van der Waals surface area contributed by atoms with Crippen LogP contribution in [0.25, 0.3) is 11.3 Å². The lowest BCUT2D eigenvalue weighted by Crippen LogP contribution is -2.32. The number of aromatic nitrogens is 5. The van der Waals surface area contributed by atoms with E-state index in [1.165, 1.54) is 4.90 Å². The molecule has 30 heavy (non-hydrogen) atoms. The molecule has 2 aliphatic heterocycles. The molecule has 0 bridgehead atoms. The molecule has 5 heterocycles. The van der Waals surface area contributed by atoms with Crippen LogP contribution in [0.5, 0.6) is 5.75 Å². The van der Waals surface area contributed by atoms with Crippen LogP contribution in [0.15, 0.2) is 36.7 Å². The number of fused-ring (bicyclic) bond motifs is 2. The molecule has 0 aliphatic carbocycles. The lowest BCUT2D eigenvalue weighted by atomic mass is 9.82. The van der Waals surface area contributed by atoms with E-state index in [9.17, 15) is 9.90 Å². The van der Waals surface area contributed by atoms with Crippen molar-refractivity contribution in [3.05, 3.63) is 48.0 Å². The average molecular weight is 407 g/mol. The predicted octanol–water partition coefficient (Wildman–Crippen LogP) is 1.92. The van der Waals surface area contributed by atoms with Crippen LogP contribution in [0.1, 0.15) is 24.2 Å². The minimum absolute atomic E-state index is 0.157. The van der Waals surface area contributed by atoms with E-state index in [1.54, 1.807) is 18.5 Å². The molecule has 0 radical (unpaired) electrons. The van der Waals surface area contributed by atoms with Crippen molar-refractivity contribution in [2.24, 2.45) is 0 Å². The van der Waals surface area contributed by atoms with Crippen molar-refractivity contribution in [3.8, 4) is 17.0 Å². The fourth-order valence-corrected chi connectivity index (χ4v) is 4.32. The van der Waals surface area contributed by atoms with Gasteiger partial charge in [0.1, 0.15) is 12.3 Å². The number of aryl methyl sites for hydroxylation is 1. The van der Waals surface area contributed by atoms with Crippen LogP contribution < -0.4 is 10.5 Å². The first kappa shape index (κ1) is 18.3. The SMILES string of the molecule is Nc1ncc(-c2cc3n(n2)CC[C@@]32CCN(C(=O)O)C2)cc1OCc1cccnn1. The van der Waals surface area contributed by atoms with E-state index in [0.717, 1.165) is 36.3 Å². The van der Waals surface area contributed by atoms with Gasteiger partial charge in [0.2, 0.25) is 0 Å². The van der Waals surface area contributed by atoms with E-state index in [2.05, 4.69) is 15.2 Å². The second-order valence-corrected chi connectivity index (χ2v) is 7.73. The van der Waals surface area contributed by atoms with Gasteiger partial charge >= 0.3 is 6.09 Å². The summed E-state index contributed by atoms with van der Waals surface area (Å²) in [7, 11) is 0. The number of rotatable bonds is 4. The highest BCUT2D eigenvalue weighted by Gasteiger charge is 2.47. The standard InChI is InChI=1S/C20H21N7O3/c21-18-16(30-11-14-2-1-5-23-24-14)8-13(10-22-18)15-9-17-20(4-7-27(17)25-15)3-6-26(12-20)19(28)29/h1-2,5,8-10H,3-4,6-7,11-12H2,(H2,21,22)(H,28,29)/t20-/m1/s1. The van der Waals surface area contributed by atoms with Gasteiger partial charge in [-0.25, -0.2) is 9.78 Å². The number of hydrogen-bond acceptors (Lipinski definition) is 7. The molecule has 1 fully saturated rings. The Balaban J connectivity index is 1.40. The first-order chi connectivity index (χ1) is 14.5. The first-order valence-corrected chi connectivity index (χ1v) is 9.76. The second kappa shape index (κ2) is 6.97. The molecule has 0 unspecified atom stereocenters. The van der Waals surface area contributed by atoms with Crippen LogP contribution in [0.2, 0.25) is 0 Å². The summed E-state index contributed by atoms with van der Waals surface area (Å²) in [6.07, 6.45) is 4.14. The number of nitrogens with zero attached hydrogens (tertiary/aromatic N) is 6. The summed E-state index contributed by atoms with van der Waals surface area (Å²) in [4.78, 5) is 17.1. The van der Waals surface area contributed by atoms with Crippen LogP contribution >= 0.6 is 0 Å². The summed E-state index contributed by atoms with van der Waals surface area (Å²) in [5.41, 5.74) is 9.17. The summed E-state index contributed by atoms with van der Waals surface area (Å²) in [5.74, 6) is 0.748. The van der Waals surface area contributed by atoms with Crippen molar-refractivity contribution in [1.82, 2.24) is 29.9 Å². The van der Waals surface area contributed by atoms with Crippen LogP contribution in [-0.4, -0.2) is 54.2 Å². The van der Waals surface area contributed by atoms with Gasteiger partial charge in [-0.3, -0.25) is 4.68 Å². The minimum Gasteiger partial charge on any atom is -0.483 e. The Hall–Kier alpha value is -3.69. The van der Waals surface area contributed by atoms with Gasteiger partial charge in [-0.1, -0.05) is 0 Å². The van der Waals surface area contributed by atoms with Gasteiger partial charge in [-0.05, 0) is 37.1 Å². The predicted molar refractivity (Wildman–Crippen MR) is 107 cm³/mol. The van der Waals surface area contributed by atoms with Gasteiger partial charge < -0.3 is 20.5 Å². The number of amides is 1. The van der Waals surface area contributed by atoms with Crippen LogP contribution in [0.3, 0.4) is 0 Å². The fourth-order valence-electron chi connectivity index (χ4n) is 4.32. The van der Waals surface area contributed by atoms with Gasteiger partial charge in [-0.15, -0.1) is 0 Å². The fraction of sp³-hybridized carbons (Fsp3) is 0.350. The van der Waals surface area contributed by atoms with Crippen molar-refractivity contribution in [1.29, 1.82) is 0 Å². The molecule has 3 aromatic heterocycles. The lowest BCUT2D eigenvalue weighted by Gasteiger charge is -2.21. The highest BCUT2D eigenvalue weighted by atomic mass is 16.5. The Bertz CT molecular complexity index is 1100. The maximum absolute atomic E-state index is 11.4. The Morgan fingerprint density at radius 3 is 2.93 bits per heavy atom. The normalized spacial score (nSPS) is 19.9. The third kappa shape index (κ3) is 3.10. The zero-order valence-corrected chi connectivity index (χ0v) is 16.2. The topological polar surface area (TPSA) is 132 Å². The highest BCUT2D eigenvalue weighted by Crippen LogP contribution is 2.44. The smallest absolute Gasteiger partial charge is 0.407 e. The number of carbonyl (C=O) groups is 1. The zero-order valence-electron chi connectivity index (χ0n) is 16.2. The molecular formula is C20H21N7O3. The van der Waals surface area contributed by atoms with E-state index in [-0.39, 0.29) is 12.0 Å². The molecule has 1 amide bonds. The Morgan fingerprint density at radius 2 is 2.17 bits per heavy atom. The largest absolute Gasteiger partial charge is 0.483 e. The van der Waals surface area contributed by atoms with Crippen molar-refractivity contribution in [2.45, 2.75) is 31.4 Å². The number of nitrogens with two attached hydrogens (primary N) is 1. The number of pyridine rings is 1. The summed E-state index contributed by atoms with van der Waals surface area (Å²) < 4.78 is 7.78. The van der Waals surface area contributed by atoms with Crippen LogP contribution in [0, 0.1) is 0 Å². The van der Waals surface area contributed by atoms with E-state index in [1.807, 2.05) is 22.9 Å². The monoisotopic (exact) mass is 407 g/mol. The molecule has 3 N–H and O–H groups in total. The Kier molecular flexibility index (Phi) is 4.27. The van der Waals surface area contributed by atoms with E-state index in [0.29, 0.717) is 30.4 Å². The highest BCUT2D eigenvalue weighted by molar-refractivity contribution is 5.67. The molecular weight excluding hydrogens is 386 g/mol. The molecule has 3 aromatic rings. The summed E-state index contributed by atoms with van der Waals surface area (Å²) in [5, 5.41) is 21.9. The molecule has 1 spiro atoms. The number of nitrogen functional groups attached to an aromatic ring is 1. The van der Waals surface area contributed by atoms with Crippen molar-refractivity contribution < 1.29 is 14.6 Å². The van der Waals surface area contributed by atoms with Crippen molar-refractivity contribution in [2.75, 3.05) is 18.8 Å². The van der Waals surface area contributed by atoms with Crippen molar-refractivity contribution in [3.63, 3.8) is 0 Å². The minimum atomic E-state index is -0.863. The molecule has 10 heteroatoms. The number of hydrogen-bond donors (Lipinski definition) is 2. The van der Waals surface area contributed by atoms with Gasteiger partial charge in [0.25, 0.3) is 0 Å². The van der Waals surface area contributed by atoms with Crippen LogP contribution in [-0.2, 0) is 18.6 Å². The Morgan fingerprint density at radius 1 is 1.30 bits per heavy atom. The molecule has 0 saturated carbocycles. The lowest BCUT2D eigenvalue weighted by molar-refractivity contribution is 0.153. The van der Waals surface area contributed by atoms with Gasteiger partial charge in [0.15, 0.2) is 11.6 Å². The third-order valence-corrected chi connectivity index (χ3v) is 5.93. The molecule has 1 saturated heterocycles. The second-order valence-electron chi connectivity index (χ2n) is 7.73. The van der Waals surface area contributed by atoms with Gasteiger partial charge in [-0.2, -0.15) is 15.3 Å². The molecule has 10 nitrogen and oxygen atoms in total. The summed E-state index contributed by atoms with van der Waals surface area (Å²) in [6.45, 7) is 2.08. The first-order valence-electron chi connectivity index (χ1n) is 9.76. The zero-order chi connectivity index (χ0) is 20.7. The molecule has 5 rings (SSSR count). The van der Waals surface area contributed by atoms with Gasteiger partial charge in [0.05, 0.1) is 5.69 Å². The Labute approximate surface area is 172 Å². The molecule has 154 valence electrons.